The zero-order chi connectivity index (χ0) is 14.3. The van der Waals surface area contributed by atoms with Gasteiger partial charge in [-0.05, 0) is 49.9 Å². The molecule has 3 rings (SSSR count). The van der Waals surface area contributed by atoms with Gasteiger partial charge in [-0.3, -0.25) is 9.63 Å². The van der Waals surface area contributed by atoms with Crippen LogP contribution in [0, 0.1) is 5.41 Å². The Morgan fingerprint density at radius 3 is 2.90 bits per heavy atom. The summed E-state index contributed by atoms with van der Waals surface area (Å²) < 4.78 is 5.59. The fourth-order valence-electron chi connectivity index (χ4n) is 2.52. The third-order valence-corrected chi connectivity index (χ3v) is 4.13. The van der Waals surface area contributed by atoms with Gasteiger partial charge in [0, 0.05) is 5.02 Å². The molecule has 0 aromatic heterocycles. The van der Waals surface area contributed by atoms with Crippen LogP contribution in [0.15, 0.2) is 12.1 Å². The maximum Gasteiger partial charge on any atom is 0.254 e. The third kappa shape index (κ3) is 2.38. The van der Waals surface area contributed by atoms with Gasteiger partial charge in [-0.2, -0.15) is 0 Å². The molecule has 1 aromatic rings. The normalized spacial score (nSPS) is 20.8. The quantitative estimate of drug-likeness (QED) is 0.842. The van der Waals surface area contributed by atoms with Crippen molar-refractivity contribution in [2.24, 2.45) is 5.41 Å². The van der Waals surface area contributed by atoms with Crippen LogP contribution in [0.3, 0.4) is 0 Å². The first-order valence-corrected chi connectivity index (χ1v) is 7.24. The summed E-state index contributed by atoms with van der Waals surface area (Å²) in [5, 5.41) is 2.03. The second-order valence-corrected chi connectivity index (χ2v) is 6.41. The number of carbonyl (C=O) groups is 1. The number of halogens is 1. The van der Waals surface area contributed by atoms with E-state index in [0.29, 0.717) is 18.2 Å². The van der Waals surface area contributed by atoms with E-state index < -0.39 is 5.41 Å². The highest BCUT2D eigenvalue weighted by Crippen LogP contribution is 2.34. The van der Waals surface area contributed by atoms with E-state index in [1.165, 1.54) is 5.06 Å². The van der Waals surface area contributed by atoms with Gasteiger partial charge < -0.3 is 4.74 Å². The summed E-state index contributed by atoms with van der Waals surface area (Å²) in [6, 6.07) is 3.87. The Bertz CT molecular complexity index is 556. The number of carbonyl (C=O) groups excluding carboxylic acids is 1. The highest BCUT2D eigenvalue weighted by molar-refractivity contribution is 6.31. The Morgan fingerprint density at radius 2 is 2.20 bits per heavy atom. The molecule has 0 spiro atoms. The molecule has 0 radical (unpaired) electrons. The third-order valence-electron chi connectivity index (χ3n) is 3.78. The topological polar surface area (TPSA) is 38.8 Å². The Hall–Kier alpha value is -1.26. The van der Waals surface area contributed by atoms with E-state index in [1.54, 1.807) is 0 Å². The molecule has 2 aliphatic rings. The van der Waals surface area contributed by atoms with Gasteiger partial charge in [0.2, 0.25) is 0 Å². The number of aryl methyl sites for hydroxylation is 1. The van der Waals surface area contributed by atoms with E-state index in [9.17, 15) is 4.79 Å². The van der Waals surface area contributed by atoms with Gasteiger partial charge in [0.15, 0.2) is 0 Å². The minimum atomic E-state index is -0.455. The number of hydrogen-bond acceptors (Lipinski definition) is 3. The van der Waals surface area contributed by atoms with Gasteiger partial charge in [0.1, 0.15) is 5.75 Å². The Kier molecular flexibility index (Phi) is 3.38. The molecule has 5 heteroatoms. The second kappa shape index (κ2) is 4.93. The van der Waals surface area contributed by atoms with Gasteiger partial charge in [-0.1, -0.05) is 11.6 Å². The molecule has 4 nitrogen and oxygen atoms in total. The van der Waals surface area contributed by atoms with Crippen molar-refractivity contribution in [3.05, 3.63) is 28.3 Å². The average Bonchev–Trinajstić information content (AvgIpc) is 2.67. The lowest BCUT2D eigenvalue weighted by molar-refractivity contribution is -0.165. The minimum Gasteiger partial charge on any atom is -0.493 e. The molecule has 0 aliphatic carbocycles. The van der Waals surface area contributed by atoms with Crippen molar-refractivity contribution in [3.63, 3.8) is 0 Å². The molecule has 0 unspecified atom stereocenters. The van der Waals surface area contributed by atoms with E-state index in [2.05, 4.69) is 0 Å². The van der Waals surface area contributed by atoms with Crippen molar-refractivity contribution in [1.29, 1.82) is 0 Å². The number of hydrogen-bond donors (Lipinski definition) is 0. The summed E-state index contributed by atoms with van der Waals surface area (Å²) >= 11 is 6.28. The molecule has 0 atom stereocenters. The minimum absolute atomic E-state index is 0.00235. The van der Waals surface area contributed by atoms with E-state index in [1.807, 2.05) is 26.0 Å². The molecule has 1 fully saturated rings. The lowest BCUT2D eigenvalue weighted by atomic mass is 9.95. The van der Waals surface area contributed by atoms with Crippen LogP contribution in [0.25, 0.3) is 0 Å². The summed E-state index contributed by atoms with van der Waals surface area (Å²) in [5.41, 5.74) is 1.60. The summed E-state index contributed by atoms with van der Waals surface area (Å²) in [4.78, 5) is 17.6. The number of hydroxylamine groups is 2. The molecular weight excluding hydrogens is 278 g/mol. The molecule has 2 aliphatic heterocycles. The molecule has 1 saturated heterocycles. The molecule has 0 saturated carbocycles. The summed E-state index contributed by atoms with van der Waals surface area (Å²) in [7, 11) is 0. The number of ether oxygens (including phenoxy) is 1. The molecular formula is C15H18ClNO3. The second-order valence-electron chi connectivity index (χ2n) is 6.00. The molecule has 108 valence electrons. The maximum absolute atomic E-state index is 12.2. The predicted octanol–water partition coefficient (Wildman–Crippen LogP) is 2.97. The largest absolute Gasteiger partial charge is 0.493 e. The Balaban J connectivity index is 1.83. The van der Waals surface area contributed by atoms with Gasteiger partial charge >= 0.3 is 0 Å². The average molecular weight is 296 g/mol. The van der Waals surface area contributed by atoms with Crippen LogP contribution in [-0.2, 0) is 22.6 Å². The van der Waals surface area contributed by atoms with Crippen molar-refractivity contribution >= 4 is 17.5 Å². The molecule has 20 heavy (non-hydrogen) atoms. The molecule has 0 N–H and O–H groups in total. The van der Waals surface area contributed by atoms with E-state index >= 15 is 0 Å². The summed E-state index contributed by atoms with van der Waals surface area (Å²) in [6.07, 6.45) is 2.00. The first-order chi connectivity index (χ1) is 9.47. The van der Waals surface area contributed by atoms with Gasteiger partial charge in [-0.15, -0.1) is 0 Å². The van der Waals surface area contributed by atoms with Crippen LogP contribution < -0.4 is 4.74 Å². The Labute approximate surface area is 123 Å². The fraction of sp³-hybridized carbons (Fsp3) is 0.533. The number of rotatable bonds is 2. The molecule has 0 bridgehead atoms. The van der Waals surface area contributed by atoms with Gasteiger partial charge in [0.05, 0.1) is 25.2 Å². The van der Waals surface area contributed by atoms with Gasteiger partial charge in [0.25, 0.3) is 5.91 Å². The van der Waals surface area contributed by atoms with E-state index in [-0.39, 0.29) is 5.91 Å². The molecule has 2 heterocycles. The highest BCUT2D eigenvalue weighted by Gasteiger charge is 2.40. The smallest absolute Gasteiger partial charge is 0.254 e. The number of nitrogens with zero attached hydrogens (tertiary/aromatic N) is 1. The van der Waals surface area contributed by atoms with Crippen molar-refractivity contribution in [2.75, 3.05) is 13.2 Å². The standard InChI is InChI=1S/C15H18ClNO3/c1-15(2)9-20-17(14(15)18)8-11-6-10-4-3-5-19-13(10)7-12(11)16/h6-7H,3-5,8-9H2,1-2H3. The van der Waals surface area contributed by atoms with Crippen molar-refractivity contribution < 1.29 is 14.4 Å². The summed E-state index contributed by atoms with van der Waals surface area (Å²) in [6.45, 7) is 5.31. The van der Waals surface area contributed by atoms with Crippen LogP contribution in [-0.4, -0.2) is 24.2 Å². The Morgan fingerprint density at radius 1 is 1.40 bits per heavy atom. The highest BCUT2D eigenvalue weighted by atomic mass is 35.5. The predicted molar refractivity (Wildman–Crippen MR) is 75.6 cm³/mol. The van der Waals surface area contributed by atoms with E-state index in [4.69, 9.17) is 21.2 Å². The van der Waals surface area contributed by atoms with E-state index in [0.717, 1.165) is 36.3 Å². The first-order valence-electron chi connectivity index (χ1n) is 6.86. The van der Waals surface area contributed by atoms with Crippen molar-refractivity contribution in [2.45, 2.75) is 33.2 Å². The zero-order valence-corrected chi connectivity index (χ0v) is 12.5. The SMILES string of the molecule is CC1(C)CON(Cc2cc3c(cc2Cl)OCCC3)C1=O. The monoisotopic (exact) mass is 295 g/mol. The summed E-state index contributed by atoms with van der Waals surface area (Å²) in [5.74, 6) is 0.863. The fourth-order valence-corrected chi connectivity index (χ4v) is 2.73. The van der Waals surface area contributed by atoms with Crippen molar-refractivity contribution in [1.82, 2.24) is 5.06 Å². The molecule has 1 amide bonds. The maximum atomic E-state index is 12.2. The van der Waals surface area contributed by atoms with Crippen LogP contribution >= 0.6 is 11.6 Å². The van der Waals surface area contributed by atoms with Crippen LogP contribution in [0.4, 0.5) is 0 Å². The first kappa shape index (κ1) is 13.7. The number of amides is 1. The lowest BCUT2D eigenvalue weighted by Crippen LogP contribution is -2.30. The zero-order valence-electron chi connectivity index (χ0n) is 11.7. The lowest BCUT2D eigenvalue weighted by Gasteiger charge is -2.21. The number of fused-ring (bicyclic) bond motifs is 1. The van der Waals surface area contributed by atoms with Crippen LogP contribution in [0.2, 0.25) is 5.02 Å². The van der Waals surface area contributed by atoms with Crippen LogP contribution in [0.5, 0.6) is 5.75 Å². The van der Waals surface area contributed by atoms with Gasteiger partial charge in [-0.25, -0.2) is 5.06 Å². The number of benzene rings is 1. The van der Waals surface area contributed by atoms with Crippen LogP contribution in [0.1, 0.15) is 31.4 Å². The molecule has 1 aromatic carbocycles. The van der Waals surface area contributed by atoms with Crippen molar-refractivity contribution in [3.8, 4) is 5.75 Å².